The molecule has 5 heterocycles. The normalized spacial score (nSPS) is 17.0. The molecule has 0 aliphatic carbocycles. The van der Waals surface area contributed by atoms with Gasteiger partial charge in [-0.1, -0.05) is 6.07 Å². The molecular formula is C26H34N10OS2. The van der Waals surface area contributed by atoms with Crippen LogP contribution in [0.4, 0.5) is 22.7 Å². The van der Waals surface area contributed by atoms with Gasteiger partial charge in [0.15, 0.2) is 0 Å². The molecule has 0 aromatic carbocycles. The minimum absolute atomic E-state index is 0.116. The van der Waals surface area contributed by atoms with Gasteiger partial charge in [0.1, 0.15) is 23.5 Å². The Kier molecular flexibility index (Phi) is 7.45. The molecule has 0 amide bonds. The number of pyridine rings is 1. The van der Waals surface area contributed by atoms with Gasteiger partial charge in [-0.25, -0.2) is 4.98 Å². The Labute approximate surface area is 237 Å². The van der Waals surface area contributed by atoms with Crippen molar-refractivity contribution in [2.24, 2.45) is 0 Å². The summed E-state index contributed by atoms with van der Waals surface area (Å²) in [7, 11) is 4.02. The van der Waals surface area contributed by atoms with Gasteiger partial charge in [-0.05, 0) is 40.9 Å². The number of hydrogen-bond donors (Lipinski definition) is 2. The van der Waals surface area contributed by atoms with E-state index in [-0.39, 0.29) is 22.8 Å². The van der Waals surface area contributed by atoms with E-state index in [9.17, 15) is 5.26 Å². The summed E-state index contributed by atoms with van der Waals surface area (Å²) in [5.41, 5.74) is 15.0. The highest BCUT2D eigenvalue weighted by Crippen LogP contribution is 2.57. The molecule has 1 fully saturated rings. The minimum Gasteiger partial charge on any atom is -0.462 e. The fraction of sp³-hybridized carbons (Fsp3) is 0.500. The van der Waals surface area contributed by atoms with Crippen LogP contribution in [0.25, 0.3) is 0 Å². The molecule has 4 N–H and O–H groups in total. The van der Waals surface area contributed by atoms with Crippen molar-refractivity contribution in [1.29, 1.82) is 5.26 Å². The second-order valence-corrected chi connectivity index (χ2v) is 12.7. The van der Waals surface area contributed by atoms with Crippen LogP contribution in [0.15, 0.2) is 18.3 Å². The molecule has 1 spiro atoms. The van der Waals surface area contributed by atoms with Crippen LogP contribution in [0.2, 0.25) is 0 Å². The number of nitrogen functional groups attached to an aromatic ring is 2. The average Bonchev–Trinajstić information content (AvgIpc) is 3.42. The molecule has 206 valence electrons. The average molecular weight is 567 g/mol. The van der Waals surface area contributed by atoms with Crippen molar-refractivity contribution in [3.63, 3.8) is 0 Å². The van der Waals surface area contributed by atoms with Crippen LogP contribution < -0.4 is 26.0 Å². The van der Waals surface area contributed by atoms with E-state index in [1.165, 1.54) is 16.2 Å². The lowest BCUT2D eigenvalue weighted by atomic mass is 9.88. The molecule has 3 aromatic heterocycles. The van der Waals surface area contributed by atoms with Crippen LogP contribution >= 0.6 is 23.1 Å². The maximum absolute atomic E-state index is 9.76. The highest BCUT2D eigenvalue weighted by molar-refractivity contribution is 8.00. The molecule has 13 heteroatoms. The number of ether oxygens (including phenoxy) is 1. The van der Waals surface area contributed by atoms with Crippen molar-refractivity contribution in [3.05, 3.63) is 39.9 Å². The first-order valence-corrected chi connectivity index (χ1v) is 14.7. The number of hydrogen-bond acceptors (Lipinski definition) is 13. The molecular weight excluding hydrogens is 532 g/mol. The van der Waals surface area contributed by atoms with Gasteiger partial charge in [0.2, 0.25) is 11.9 Å². The number of thiophene rings is 1. The van der Waals surface area contributed by atoms with Gasteiger partial charge >= 0.3 is 6.01 Å². The molecule has 2 aliphatic heterocycles. The first kappa shape index (κ1) is 27.2. The number of likely N-dealkylation sites (N-methyl/N-ethyl adjacent to an activating group) is 1. The smallest absolute Gasteiger partial charge is 0.323 e. The topological polar surface area (TPSA) is 146 Å². The van der Waals surface area contributed by atoms with Crippen molar-refractivity contribution in [2.75, 3.05) is 61.6 Å². The van der Waals surface area contributed by atoms with Crippen molar-refractivity contribution in [1.82, 2.24) is 24.8 Å². The standard InChI is InChI=1S/C26H34N10OS2/c1-6-36(16(3)17-8-7-9-30-21(17)28)24-31-23(32-25(33-24)37-11-15(2)34(4)5)35-13-26(14-35)20-18(10-27)22(29)39-19(20)12-38-26/h7-9,15-16H,6,11-14,29H2,1-5H3,(H2,28,30)/t15?,16-/m1/s1. The fourth-order valence-corrected chi connectivity index (χ4v) is 7.79. The summed E-state index contributed by atoms with van der Waals surface area (Å²) in [4.78, 5) is 26.1. The van der Waals surface area contributed by atoms with Crippen molar-refractivity contribution >= 4 is 45.8 Å². The van der Waals surface area contributed by atoms with Crippen LogP contribution in [-0.2, 0) is 10.5 Å². The van der Waals surface area contributed by atoms with Gasteiger partial charge < -0.3 is 30.9 Å². The second kappa shape index (κ2) is 10.7. The Morgan fingerprint density at radius 1 is 1.23 bits per heavy atom. The third-order valence-electron chi connectivity index (χ3n) is 7.54. The summed E-state index contributed by atoms with van der Waals surface area (Å²) >= 11 is 3.40. The number of anilines is 4. The van der Waals surface area contributed by atoms with Crippen molar-refractivity contribution in [2.45, 2.75) is 43.4 Å². The molecule has 11 nitrogen and oxygen atoms in total. The fourth-order valence-electron chi connectivity index (χ4n) is 4.98. The van der Waals surface area contributed by atoms with Gasteiger partial charge in [0.05, 0.1) is 16.4 Å². The summed E-state index contributed by atoms with van der Waals surface area (Å²) in [6, 6.07) is 6.53. The van der Waals surface area contributed by atoms with Crippen LogP contribution in [0.5, 0.6) is 6.01 Å². The molecule has 1 saturated heterocycles. The zero-order valence-electron chi connectivity index (χ0n) is 22.9. The molecule has 0 radical (unpaired) electrons. The van der Waals surface area contributed by atoms with E-state index >= 15 is 0 Å². The number of rotatable bonds is 9. The Hall–Kier alpha value is -3.34. The summed E-state index contributed by atoms with van der Waals surface area (Å²) < 4.78 is 5.91. The number of nitrogens with two attached hydrogens (primary N) is 2. The lowest BCUT2D eigenvalue weighted by Gasteiger charge is -2.47. The van der Waals surface area contributed by atoms with Gasteiger partial charge in [-0.2, -0.15) is 20.2 Å². The molecule has 5 rings (SSSR count). The van der Waals surface area contributed by atoms with Crippen molar-refractivity contribution < 1.29 is 4.74 Å². The predicted octanol–water partition coefficient (Wildman–Crippen LogP) is 3.24. The lowest BCUT2D eigenvalue weighted by Crippen LogP contribution is -2.57. The summed E-state index contributed by atoms with van der Waals surface area (Å²) in [6.07, 6.45) is 1.69. The lowest BCUT2D eigenvalue weighted by molar-refractivity contribution is 0.187. The van der Waals surface area contributed by atoms with E-state index < -0.39 is 0 Å². The number of aromatic nitrogens is 4. The summed E-state index contributed by atoms with van der Waals surface area (Å²) in [6.45, 7) is 8.66. The number of nitrogens with zero attached hydrogens (tertiary/aromatic N) is 8. The predicted molar refractivity (Wildman–Crippen MR) is 157 cm³/mol. The SMILES string of the molecule is CCN(c1nc(OCC(C)N(C)C)nc(N2CC3(C2)SCc2sc(N)c(C#N)c23)n1)[C@H](C)c1cccnc1N. The highest BCUT2D eigenvalue weighted by Gasteiger charge is 2.53. The van der Waals surface area contributed by atoms with Gasteiger partial charge in [-0.3, -0.25) is 0 Å². The molecule has 0 bridgehead atoms. The van der Waals surface area contributed by atoms with E-state index in [0.29, 0.717) is 54.5 Å². The Morgan fingerprint density at radius 2 is 2.00 bits per heavy atom. The van der Waals surface area contributed by atoms with E-state index in [1.54, 1.807) is 6.20 Å². The first-order valence-electron chi connectivity index (χ1n) is 12.9. The molecule has 39 heavy (non-hydrogen) atoms. The van der Waals surface area contributed by atoms with Crippen molar-refractivity contribution in [3.8, 4) is 12.1 Å². The van der Waals surface area contributed by atoms with Crippen LogP contribution in [0, 0.1) is 11.3 Å². The Bertz CT molecular complexity index is 1400. The highest BCUT2D eigenvalue weighted by atomic mass is 32.2. The largest absolute Gasteiger partial charge is 0.462 e. The number of thioether (sulfide) groups is 1. The number of nitriles is 1. The second-order valence-electron chi connectivity index (χ2n) is 10.2. The minimum atomic E-state index is -0.177. The van der Waals surface area contributed by atoms with E-state index in [0.717, 1.165) is 16.9 Å². The van der Waals surface area contributed by atoms with Gasteiger partial charge in [0.25, 0.3) is 0 Å². The summed E-state index contributed by atoms with van der Waals surface area (Å²) in [5.74, 6) is 2.42. The van der Waals surface area contributed by atoms with Crippen LogP contribution in [0.1, 0.15) is 48.4 Å². The Balaban J connectivity index is 1.46. The molecule has 0 saturated carbocycles. The van der Waals surface area contributed by atoms with E-state index in [4.69, 9.17) is 31.2 Å². The van der Waals surface area contributed by atoms with Crippen LogP contribution in [0.3, 0.4) is 0 Å². The molecule has 2 aliphatic rings. The Morgan fingerprint density at radius 3 is 2.67 bits per heavy atom. The maximum atomic E-state index is 9.76. The molecule has 3 aromatic rings. The van der Waals surface area contributed by atoms with E-state index in [2.05, 4.69) is 46.5 Å². The first-order chi connectivity index (χ1) is 18.7. The van der Waals surface area contributed by atoms with Gasteiger partial charge in [-0.15, -0.1) is 23.1 Å². The summed E-state index contributed by atoms with van der Waals surface area (Å²) in [5, 5.41) is 10.4. The molecule has 2 atom stereocenters. The zero-order chi connectivity index (χ0) is 27.9. The number of fused-ring (bicyclic) bond motifs is 2. The zero-order valence-corrected chi connectivity index (χ0v) is 24.5. The third kappa shape index (κ3) is 4.92. The van der Waals surface area contributed by atoms with Gasteiger partial charge in [0, 0.05) is 53.6 Å². The third-order valence-corrected chi connectivity index (χ3v) is 10.2. The quantitative estimate of drug-likeness (QED) is 0.392. The van der Waals surface area contributed by atoms with E-state index in [1.807, 2.05) is 38.0 Å². The van der Waals surface area contributed by atoms with Crippen LogP contribution in [-0.4, -0.2) is 71.2 Å². The maximum Gasteiger partial charge on any atom is 0.323 e. The monoisotopic (exact) mass is 566 g/mol. The molecule has 1 unspecified atom stereocenters.